The molecule has 0 saturated carbocycles. The fraction of sp³-hybridized carbons (Fsp3) is 0.429. The van der Waals surface area contributed by atoms with E-state index in [4.69, 9.17) is 4.43 Å². The first kappa shape index (κ1) is 18.9. The molecule has 0 radical (unpaired) electrons. The van der Waals surface area contributed by atoms with Gasteiger partial charge in [-0.15, -0.1) is 0 Å². The zero-order valence-electron chi connectivity index (χ0n) is 15.3. The van der Waals surface area contributed by atoms with Gasteiger partial charge in [0.1, 0.15) is 0 Å². The van der Waals surface area contributed by atoms with Crippen molar-refractivity contribution in [3.8, 4) is 0 Å². The van der Waals surface area contributed by atoms with Crippen molar-refractivity contribution >= 4 is 18.7 Å². The summed E-state index contributed by atoms with van der Waals surface area (Å²) in [5, 5.41) is 12.2. The van der Waals surface area contributed by atoms with Crippen LogP contribution in [0.15, 0.2) is 60.7 Å². The van der Waals surface area contributed by atoms with E-state index in [0.29, 0.717) is 6.61 Å². The Bertz CT molecular complexity index is 563. The Labute approximate surface area is 147 Å². The lowest BCUT2D eigenvalue weighted by atomic mass is 10.2. The van der Waals surface area contributed by atoms with Gasteiger partial charge in [-0.25, -0.2) is 0 Å². The standard InChI is InChI=1S/C21H30O2Si/c1-18(22)12-11-17-23-24(21(2,3)4,19-13-7-5-8-14-19)20-15-9-6-10-16-20/h5-10,13-16,18,22H,11-12,17H2,1-4H3/t18-/m1/s1. The summed E-state index contributed by atoms with van der Waals surface area (Å²) < 4.78 is 6.74. The van der Waals surface area contributed by atoms with Crippen LogP contribution in [0.4, 0.5) is 0 Å². The van der Waals surface area contributed by atoms with Crippen LogP contribution >= 0.6 is 0 Å². The molecular formula is C21H30O2Si. The van der Waals surface area contributed by atoms with E-state index in [1.807, 2.05) is 6.92 Å². The van der Waals surface area contributed by atoms with Crippen LogP contribution in [0.25, 0.3) is 0 Å². The van der Waals surface area contributed by atoms with Crippen LogP contribution in [-0.2, 0) is 4.43 Å². The molecule has 130 valence electrons. The molecule has 1 atom stereocenters. The van der Waals surface area contributed by atoms with Gasteiger partial charge in [0.15, 0.2) is 0 Å². The zero-order valence-corrected chi connectivity index (χ0v) is 16.3. The van der Waals surface area contributed by atoms with Crippen molar-refractivity contribution in [1.29, 1.82) is 0 Å². The van der Waals surface area contributed by atoms with Gasteiger partial charge in [-0.2, -0.15) is 0 Å². The first-order valence-corrected chi connectivity index (χ1v) is 10.7. The minimum Gasteiger partial charge on any atom is -0.407 e. The van der Waals surface area contributed by atoms with Gasteiger partial charge in [0, 0.05) is 6.61 Å². The number of aliphatic hydroxyl groups excluding tert-OH is 1. The number of hydrogen-bond acceptors (Lipinski definition) is 2. The number of benzene rings is 2. The molecular weight excluding hydrogens is 312 g/mol. The van der Waals surface area contributed by atoms with Crippen LogP contribution < -0.4 is 10.4 Å². The Kier molecular flexibility index (Phi) is 6.38. The normalized spacial score (nSPS) is 13.7. The molecule has 2 nitrogen and oxygen atoms in total. The summed E-state index contributed by atoms with van der Waals surface area (Å²) in [6.45, 7) is 9.37. The second kappa shape index (κ2) is 8.10. The minimum absolute atomic E-state index is 0.0144. The molecule has 1 N–H and O–H groups in total. The highest BCUT2D eigenvalue weighted by Crippen LogP contribution is 2.36. The SMILES string of the molecule is C[C@@H](O)CCCO[Si](c1ccccc1)(c1ccccc1)C(C)(C)C. The van der Waals surface area contributed by atoms with E-state index in [0.717, 1.165) is 12.8 Å². The van der Waals surface area contributed by atoms with Gasteiger partial charge in [0.2, 0.25) is 0 Å². The van der Waals surface area contributed by atoms with Crippen molar-refractivity contribution < 1.29 is 9.53 Å². The fourth-order valence-electron chi connectivity index (χ4n) is 3.37. The minimum atomic E-state index is -2.40. The highest BCUT2D eigenvalue weighted by molar-refractivity contribution is 6.99. The quantitative estimate of drug-likeness (QED) is 0.614. The molecule has 2 aromatic rings. The van der Waals surface area contributed by atoms with Crippen LogP contribution in [0.1, 0.15) is 40.5 Å². The summed E-state index contributed by atoms with van der Waals surface area (Å²) in [6.07, 6.45) is 1.38. The Morgan fingerprint density at radius 1 is 0.917 bits per heavy atom. The molecule has 2 aromatic carbocycles. The summed E-state index contributed by atoms with van der Waals surface area (Å²) >= 11 is 0. The van der Waals surface area contributed by atoms with Crippen LogP contribution in [0.2, 0.25) is 5.04 Å². The van der Waals surface area contributed by atoms with Crippen molar-refractivity contribution in [2.24, 2.45) is 0 Å². The highest BCUT2D eigenvalue weighted by Gasteiger charge is 2.49. The maximum Gasteiger partial charge on any atom is 0.261 e. The topological polar surface area (TPSA) is 29.5 Å². The first-order valence-electron chi connectivity index (χ1n) is 8.81. The average molecular weight is 343 g/mol. The van der Waals surface area contributed by atoms with Gasteiger partial charge in [0.05, 0.1) is 6.10 Å². The molecule has 0 aromatic heterocycles. The molecule has 24 heavy (non-hydrogen) atoms. The Morgan fingerprint density at radius 2 is 1.38 bits per heavy atom. The van der Waals surface area contributed by atoms with Crippen LogP contribution in [-0.4, -0.2) is 26.1 Å². The van der Waals surface area contributed by atoms with Crippen molar-refractivity contribution in [1.82, 2.24) is 0 Å². The number of aliphatic hydroxyl groups is 1. The predicted octanol–water partition coefficient (Wildman–Crippen LogP) is 3.72. The molecule has 0 heterocycles. The lowest BCUT2D eigenvalue weighted by Crippen LogP contribution is -2.66. The second-order valence-electron chi connectivity index (χ2n) is 7.50. The predicted molar refractivity (Wildman–Crippen MR) is 104 cm³/mol. The van der Waals surface area contributed by atoms with Gasteiger partial charge in [0.25, 0.3) is 8.32 Å². The van der Waals surface area contributed by atoms with Crippen molar-refractivity contribution in [2.45, 2.75) is 51.7 Å². The third kappa shape index (κ3) is 4.15. The molecule has 0 amide bonds. The van der Waals surface area contributed by atoms with Crippen molar-refractivity contribution in [3.63, 3.8) is 0 Å². The molecule has 2 rings (SSSR count). The van der Waals surface area contributed by atoms with E-state index in [1.54, 1.807) is 0 Å². The Balaban J connectivity index is 2.45. The van der Waals surface area contributed by atoms with Gasteiger partial charge in [-0.1, -0.05) is 81.4 Å². The first-order chi connectivity index (χ1) is 11.4. The molecule has 0 aliphatic carbocycles. The van der Waals surface area contributed by atoms with E-state index >= 15 is 0 Å². The van der Waals surface area contributed by atoms with E-state index in [1.165, 1.54) is 10.4 Å². The maximum atomic E-state index is 9.53. The summed E-state index contributed by atoms with van der Waals surface area (Å²) in [6, 6.07) is 21.4. The molecule has 0 unspecified atom stereocenters. The van der Waals surface area contributed by atoms with Crippen LogP contribution in [0.5, 0.6) is 0 Å². The van der Waals surface area contributed by atoms with Gasteiger partial charge in [-0.05, 0) is 35.2 Å². The number of hydrogen-bond donors (Lipinski definition) is 1. The van der Waals surface area contributed by atoms with Crippen molar-refractivity contribution in [3.05, 3.63) is 60.7 Å². The van der Waals surface area contributed by atoms with E-state index in [-0.39, 0.29) is 11.1 Å². The van der Waals surface area contributed by atoms with E-state index in [2.05, 4.69) is 81.4 Å². The Hall–Kier alpha value is -1.42. The summed E-state index contributed by atoms with van der Waals surface area (Å²) in [4.78, 5) is 0. The molecule has 0 aliphatic rings. The smallest absolute Gasteiger partial charge is 0.261 e. The lowest BCUT2D eigenvalue weighted by Gasteiger charge is -2.43. The van der Waals surface area contributed by atoms with Gasteiger partial charge in [-0.3, -0.25) is 0 Å². The van der Waals surface area contributed by atoms with Gasteiger partial charge >= 0.3 is 0 Å². The maximum absolute atomic E-state index is 9.53. The Morgan fingerprint density at radius 3 is 1.75 bits per heavy atom. The molecule has 3 heteroatoms. The summed E-state index contributed by atoms with van der Waals surface area (Å²) in [5.74, 6) is 0. The molecule has 0 saturated heterocycles. The van der Waals surface area contributed by atoms with Gasteiger partial charge < -0.3 is 9.53 Å². The largest absolute Gasteiger partial charge is 0.407 e. The average Bonchev–Trinajstić information content (AvgIpc) is 2.55. The molecule has 0 spiro atoms. The van der Waals surface area contributed by atoms with E-state index < -0.39 is 8.32 Å². The lowest BCUT2D eigenvalue weighted by molar-refractivity contribution is 0.169. The summed E-state index contributed by atoms with van der Waals surface area (Å²) in [5.41, 5.74) is 0. The highest BCUT2D eigenvalue weighted by atomic mass is 28.4. The second-order valence-corrected chi connectivity index (χ2v) is 11.8. The van der Waals surface area contributed by atoms with Crippen LogP contribution in [0.3, 0.4) is 0 Å². The zero-order chi connectivity index (χ0) is 17.6. The third-order valence-corrected chi connectivity index (χ3v) is 9.54. The third-order valence-electron chi connectivity index (χ3n) is 4.50. The molecule has 0 bridgehead atoms. The fourth-order valence-corrected chi connectivity index (χ4v) is 7.97. The summed E-state index contributed by atoms with van der Waals surface area (Å²) in [7, 11) is -2.40. The number of rotatable bonds is 7. The van der Waals surface area contributed by atoms with E-state index in [9.17, 15) is 5.11 Å². The molecule has 0 aliphatic heterocycles. The van der Waals surface area contributed by atoms with Crippen molar-refractivity contribution in [2.75, 3.05) is 6.61 Å². The molecule has 0 fully saturated rings. The van der Waals surface area contributed by atoms with Crippen LogP contribution in [0, 0.1) is 0 Å². The monoisotopic (exact) mass is 342 g/mol.